The van der Waals surface area contributed by atoms with Crippen molar-refractivity contribution in [1.82, 2.24) is 0 Å². The van der Waals surface area contributed by atoms with Crippen molar-refractivity contribution in [2.45, 2.75) is 76.9 Å². The zero-order chi connectivity index (χ0) is 18.9. The van der Waals surface area contributed by atoms with Gasteiger partial charge in [0.05, 0.1) is 19.3 Å². The first kappa shape index (κ1) is 19.5. The summed E-state index contributed by atoms with van der Waals surface area (Å²) in [5.41, 5.74) is 0.958. The summed E-state index contributed by atoms with van der Waals surface area (Å²) in [6, 6.07) is 7.65. The molecular formula is C19H28O7. The molecule has 0 saturated carbocycles. The first-order chi connectivity index (χ1) is 12.3. The van der Waals surface area contributed by atoms with Crippen LogP contribution in [-0.2, 0) is 25.6 Å². The highest BCUT2D eigenvalue weighted by Crippen LogP contribution is 2.39. The maximum atomic E-state index is 10.0. The quantitative estimate of drug-likeness (QED) is 0.756. The van der Waals surface area contributed by atoms with E-state index in [9.17, 15) is 10.2 Å². The second-order valence-corrected chi connectivity index (χ2v) is 7.41. The molecule has 0 radical (unpaired) electrons. The molecule has 7 nitrogen and oxygen atoms in total. The van der Waals surface area contributed by atoms with Gasteiger partial charge in [0.25, 0.3) is 0 Å². The Morgan fingerprint density at radius 3 is 2.46 bits per heavy atom. The van der Waals surface area contributed by atoms with Crippen molar-refractivity contribution in [3.05, 3.63) is 29.8 Å². The highest BCUT2D eigenvalue weighted by atomic mass is 16.8. The molecule has 0 aromatic heterocycles. The van der Waals surface area contributed by atoms with E-state index in [-0.39, 0.29) is 6.10 Å². The van der Waals surface area contributed by atoms with Gasteiger partial charge in [-0.3, -0.25) is 0 Å². The van der Waals surface area contributed by atoms with E-state index >= 15 is 0 Å². The lowest BCUT2D eigenvalue weighted by Gasteiger charge is -2.28. The molecular weight excluding hydrogens is 340 g/mol. The van der Waals surface area contributed by atoms with Gasteiger partial charge in [-0.25, -0.2) is 0 Å². The van der Waals surface area contributed by atoms with Gasteiger partial charge in [0.15, 0.2) is 12.1 Å². The third-order valence-electron chi connectivity index (χ3n) is 4.33. The molecule has 0 spiro atoms. The van der Waals surface area contributed by atoms with Crippen LogP contribution in [0.15, 0.2) is 24.3 Å². The minimum atomic E-state index is -1.07. The van der Waals surface area contributed by atoms with Crippen LogP contribution in [0.1, 0.15) is 33.3 Å². The van der Waals surface area contributed by atoms with E-state index in [1.54, 1.807) is 13.8 Å². The smallest absolute Gasteiger partial charge is 0.190 e. The monoisotopic (exact) mass is 368 g/mol. The highest BCUT2D eigenvalue weighted by molar-refractivity contribution is 5.27. The van der Waals surface area contributed by atoms with Crippen LogP contribution < -0.4 is 4.74 Å². The predicted octanol–water partition coefficient (Wildman–Crippen LogP) is 1.59. The molecule has 0 bridgehead atoms. The first-order valence-corrected chi connectivity index (χ1v) is 8.96. The van der Waals surface area contributed by atoms with Gasteiger partial charge in [0, 0.05) is 0 Å². The Bertz CT molecular complexity index is 586. The molecule has 3 rings (SSSR count). The number of hydrogen-bond acceptors (Lipinski definition) is 7. The van der Waals surface area contributed by atoms with E-state index in [1.807, 2.05) is 38.1 Å². The van der Waals surface area contributed by atoms with Crippen molar-refractivity contribution >= 4 is 0 Å². The van der Waals surface area contributed by atoms with Gasteiger partial charge in [0.1, 0.15) is 30.2 Å². The number of fused-ring (bicyclic) bond motifs is 1. The fourth-order valence-electron chi connectivity index (χ4n) is 3.24. The summed E-state index contributed by atoms with van der Waals surface area (Å²) in [6.45, 7) is 7.45. The number of hydrogen-bond donors (Lipinski definition) is 2. The molecule has 2 saturated heterocycles. The Labute approximate surface area is 153 Å². The van der Waals surface area contributed by atoms with Gasteiger partial charge in [-0.2, -0.15) is 0 Å². The Hall–Kier alpha value is -1.22. The van der Waals surface area contributed by atoms with Gasteiger partial charge in [0.2, 0.25) is 0 Å². The lowest BCUT2D eigenvalue weighted by molar-refractivity contribution is -0.232. The molecule has 26 heavy (non-hydrogen) atoms. The lowest BCUT2D eigenvalue weighted by atomic mass is 10.1. The van der Waals surface area contributed by atoms with E-state index in [2.05, 4.69) is 0 Å². The molecule has 1 aromatic rings. The summed E-state index contributed by atoms with van der Waals surface area (Å²) in [5.74, 6) is 0.0259. The van der Waals surface area contributed by atoms with Crippen molar-refractivity contribution in [1.29, 1.82) is 0 Å². The van der Waals surface area contributed by atoms with Crippen LogP contribution >= 0.6 is 0 Å². The lowest BCUT2D eigenvalue weighted by Crippen LogP contribution is -2.44. The average Bonchev–Trinajstić information content (AvgIpc) is 3.05. The largest absolute Gasteiger partial charge is 0.491 e. The standard InChI is InChI=1S/C19H28O7/c1-11(2)23-13-7-5-12(6-8-13)10-22-16-15(14(21)9-20)24-18-17(16)25-19(3,4)26-18/h5-8,11,14-18,20-21H,9-10H2,1-4H3/t14-,15+,16-,17+,18-/m1/s1. The molecule has 5 atom stereocenters. The second-order valence-electron chi connectivity index (χ2n) is 7.41. The van der Waals surface area contributed by atoms with E-state index in [0.717, 1.165) is 11.3 Å². The van der Waals surface area contributed by atoms with Crippen molar-refractivity contribution < 1.29 is 33.9 Å². The van der Waals surface area contributed by atoms with Crippen LogP contribution in [0.4, 0.5) is 0 Å². The fourth-order valence-corrected chi connectivity index (χ4v) is 3.24. The Morgan fingerprint density at radius 2 is 1.85 bits per heavy atom. The molecule has 7 heteroatoms. The number of aliphatic hydroxyl groups is 2. The first-order valence-electron chi connectivity index (χ1n) is 8.96. The maximum absolute atomic E-state index is 10.0. The van der Waals surface area contributed by atoms with E-state index in [1.165, 1.54) is 0 Å². The Kier molecular flexibility index (Phi) is 5.86. The molecule has 2 aliphatic rings. The van der Waals surface area contributed by atoms with Gasteiger partial charge < -0.3 is 33.9 Å². The summed E-state index contributed by atoms with van der Waals surface area (Å²) in [4.78, 5) is 0. The van der Waals surface area contributed by atoms with Crippen LogP contribution in [0.5, 0.6) is 5.75 Å². The third kappa shape index (κ3) is 4.36. The van der Waals surface area contributed by atoms with E-state index < -0.39 is 43.1 Å². The number of benzene rings is 1. The molecule has 2 heterocycles. The molecule has 1 aromatic carbocycles. The van der Waals surface area contributed by atoms with Gasteiger partial charge in [-0.1, -0.05) is 12.1 Å². The minimum Gasteiger partial charge on any atom is -0.491 e. The van der Waals surface area contributed by atoms with Crippen molar-refractivity contribution in [3.8, 4) is 5.75 Å². The van der Waals surface area contributed by atoms with Gasteiger partial charge in [-0.15, -0.1) is 0 Å². The molecule has 2 N–H and O–H groups in total. The zero-order valence-electron chi connectivity index (χ0n) is 15.6. The summed E-state index contributed by atoms with van der Waals surface area (Å²) in [5, 5.41) is 19.3. The van der Waals surface area contributed by atoms with Gasteiger partial charge >= 0.3 is 0 Å². The van der Waals surface area contributed by atoms with Gasteiger partial charge in [-0.05, 0) is 45.4 Å². The van der Waals surface area contributed by atoms with E-state index in [0.29, 0.717) is 6.61 Å². The van der Waals surface area contributed by atoms with Crippen molar-refractivity contribution in [2.75, 3.05) is 6.61 Å². The molecule has 2 fully saturated rings. The van der Waals surface area contributed by atoms with Crippen LogP contribution in [0.3, 0.4) is 0 Å². The Morgan fingerprint density at radius 1 is 1.15 bits per heavy atom. The second kappa shape index (κ2) is 7.80. The van der Waals surface area contributed by atoms with Crippen molar-refractivity contribution in [3.63, 3.8) is 0 Å². The molecule has 0 aliphatic carbocycles. The predicted molar refractivity (Wildman–Crippen MR) is 92.6 cm³/mol. The minimum absolute atomic E-state index is 0.119. The van der Waals surface area contributed by atoms with Crippen molar-refractivity contribution in [2.24, 2.45) is 0 Å². The van der Waals surface area contributed by atoms with Crippen LogP contribution in [0.2, 0.25) is 0 Å². The fraction of sp³-hybridized carbons (Fsp3) is 0.684. The normalized spacial score (nSPS) is 31.2. The summed E-state index contributed by atoms with van der Waals surface area (Å²) < 4.78 is 29.0. The van der Waals surface area contributed by atoms with Crippen LogP contribution in [-0.4, -0.2) is 59.4 Å². The molecule has 2 aliphatic heterocycles. The summed E-state index contributed by atoms with van der Waals surface area (Å²) in [6.07, 6.45) is -3.29. The SMILES string of the molecule is CC(C)Oc1ccc(CO[C@H]2[C@@H]3OC(C)(C)O[C@H]3O[C@H]2[C@H](O)CO)cc1. The molecule has 0 amide bonds. The van der Waals surface area contributed by atoms with E-state index in [4.69, 9.17) is 23.7 Å². The topological polar surface area (TPSA) is 86.6 Å². The van der Waals surface area contributed by atoms with Crippen LogP contribution in [0.25, 0.3) is 0 Å². The molecule has 146 valence electrons. The number of rotatable bonds is 7. The summed E-state index contributed by atoms with van der Waals surface area (Å²) in [7, 11) is 0. The third-order valence-corrected chi connectivity index (χ3v) is 4.33. The number of ether oxygens (including phenoxy) is 5. The highest BCUT2D eigenvalue weighted by Gasteiger charge is 2.56. The summed E-state index contributed by atoms with van der Waals surface area (Å²) >= 11 is 0. The average molecular weight is 368 g/mol. The Balaban J connectivity index is 1.65. The number of aliphatic hydroxyl groups excluding tert-OH is 2. The van der Waals surface area contributed by atoms with Crippen LogP contribution in [0, 0.1) is 0 Å². The zero-order valence-corrected chi connectivity index (χ0v) is 15.6. The molecule has 0 unspecified atom stereocenters. The maximum Gasteiger partial charge on any atom is 0.190 e.